The van der Waals surface area contributed by atoms with Gasteiger partial charge in [0, 0.05) is 29.9 Å². The Labute approximate surface area is 175 Å². The third kappa shape index (κ3) is 4.54. The monoisotopic (exact) mass is 405 g/mol. The number of H-pyrrole nitrogens is 1. The second-order valence-electron chi connectivity index (χ2n) is 7.96. The van der Waals surface area contributed by atoms with E-state index in [1.54, 1.807) is 4.90 Å². The second-order valence-corrected chi connectivity index (χ2v) is 7.96. The Balaban J connectivity index is 1.61. The van der Waals surface area contributed by atoms with E-state index in [-0.39, 0.29) is 24.2 Å². The van der Waals surface area contributed by atoms with Crippen LogP contribution in [0, 0.1) is 13.8 Å². The predicted octanol–water partition coefficient (Wildman–Crippen LogP) is 4.36. The number of anilines is 1. The summed E-state index contributed by atoms with van der Waals surface area (Å²) in [5, 5.41) is 3.89. The molecule has 1 aliphatic rings. The van der Waals surface area contributed by atoms with Crippen molar-refractivity contribution in [3.63, 3.8) is 0 Å². The quantitative estimate of drug-likeness (QED) is 0.662. The number of para-hydroxylation sites is 1. The van der Waals surface area contributed by atoms with Gasteiger partial charge in [-0.15, -0.1) is 0 Å². The number of ether oxygens (including phenoxy) is 1. The van der Waals surface area contributed by atoms with Gasteiger partial charge in [0.2, 0.25) is 0 Å². The number of amides is 2. The van der Waals surface area contributed by atoms with Crippen molar-refractivity contribution in [1.29, 1.82) is 0 Å². The lowest BCUT2D eigenvalue weighted by molar-refractivity contribution is 0.0818. The Morgan fingerprint density at radius 3 is 2.67 bits per heavy atom. The zero-order valence-corrected chi connectivity index (χ0v) is 17.4. The van der Waals surface area contributed by atoms with Crippen LogP contribution in [0.4, 0.5) is 10.5 Å². The summed E-state index contributed by atoms with van der Waals surface area (Å²) in [5.41, 5.74) is 4.22. The molecule has 4 rings (SSSR count). The van der Waals surface area contributed by atoms with Crippen molar-refractivity contribution in [3.8, 4) is 0 Å². The molecule has 1 aromatic heterocycles. The van der Waals surface area contributed by atoms with E-state index >= 15 is 0 Å². The average Bonchev–Trinajstić information content (AvgIpc) is 3.23. The van der Waals surface area contributed by atoms with Crippen LogP contribution >= 0.6 is 0 Å². The van der Waals surface area contributed by atoms with Gasteiger partial charge in [-0.1, -0.05) is 18.2 Å². The molecule has 2 amide bonds. The summed E-state index contributed by atoms with van der Waals surface area (Å²) in [5.74, 6) is 0. The van der Waals surface area contributed by atoms with Gasteiger partial charge in [0.25, 0.3) is 5.56 Å². The first-order valence-corrected chi connectivity index (χ1v) is 10.4. The SMILES string of the molecule is Cc1cc2cc(CN(CC3CCCO3)C(=O)Nc3ccccc3)c(=O)[nH]c2cc1C. The van der Waals surface area contributed by atoms with E-state index in [1.165, 1.54) is 5.56 Å². The number of carbonyl (C=O) groups excluding carboxylic acids is 1. The molecule has 2 heterocycles. The number of aromatic amines is 1. The molecule has 1 atom stereocenters. The Hall–Kier alpha value is -3.12. The maximum absolute atomic E-state index is 13.0. The normalized spacial score (nSPS) is 16.0. The number of urea groups is 1. The van der Waals surface area contributed by atoms with Crippen molar-refractivity contribution in [2.24, 2.45) is 0 Å². The highest BCUT2D eigenvalue weighted by Gasteiger charge is 2.24. The van der Waals surface area contributed by atoms with Crippen LogP contribution in [0.25, 0.3) is 10.9 Å². The van der Waals surface area contributed by atoms with Gasteiger partial charge >= 0.3 is 6.03 Å². The molecule has 0 spiro atoms. The minimum atomic E-state index is -0.240. The fourth-order valence-electron chi connectivity index (χ4n) is 3.82. The zero-order chi connectivity index (χ0) is 21.1. The van der Waals surface area contributed by atoms with E-state index in [9.17, 15) is 9.59 Å². The van der Waals surface area contributed by atoms with Gasteiger partial charge in [-0.3, -0.25) is 4.79 Å². The minimum Gasteiger partial charge on any atom is -0.376 e. The van der Waals surface area contributed by atoms with Crippen LogP contribution in [0.2, 0.25) is 0 Å². The maximum Gasteiger partial charge on any atom is 0.322 e. The van der Waals surface area contributed by atoms with Crippen LogP contribution < -0.4 is 10.9 Å². The molecule has 0 radical (unpaired) electrons. The molecule has 6 nitrogen and oxygen atoms in total. The highest BCUT2D eigenvalue weighted by molar-refractivity contribution is 5.89. The minimum absolute atomic E-state index is 0.00374. The summed E-state index contributed by atoms with van der Waals surface area (Å²) in [6.07, 6.45) is 1.91. The number of pyridine rings is 1. The van der Waals surface area contributed by atoms with Crippen LogP contribution in [0.5, 0.6) is 0 Å². The van der Waals surface area contributed by atoms with Gasteiger partial charge in [0.1, 0.15) is 0 Å². The molecule has 1 fully saturated rings. The first kappa shape index (κ1) is 20.2. The van der Waals surface area contributed by atoms with Crippen molar-refractivity contribution in [2.75, 3.05) is 18.5 Å². The number of carbonyl (C=O) groups is 1. The molecule has 1 aliphatic heterocycles. The van der Waals surface area contributed by atoms with Crippen LogP contribution in [-0.4, -0.2) is 35.2 Å². The van der Waals surface area contributed by atoms with Crippen molar-refractivity contribution in [1.82, 2.24) is 9.88 Å². The number of benzene rings is 2. The van der Waals surface area contributed by atoms with Crippen molar-refractivity contribution in [3.05, 3.63) is 75.6 Å². The molecule has 1 saturated heterocycles. The second kappa shape index (κ2) is 8.71. The first-order chi connectivity index (χ1) is 14.5. The summed E-state index contributed by atoms with van der Waals surface area (Å²) in [7, 11) is 0. The first-order valence-electron chi connectivity index (χ1n) is 10.4. The van der Waals surface area contributed by atoms with E-state index in [0.29, 0.717) is 18.7 Å². The lowest BCUT2D eigenvalue weighted by Crippen LogP contribution is -2.40. The molecule has 30 heavy (non-hydrogen) atoms. The van der Waals surface area contributed by atoms with E-state index in [0.717, 1.165) is 35.0 Å². The number of aromatic nitrogens is 1. The lowest BCUT2D eigenvalue weighted by atomic mass is 10.0. The third-order valence-electron chi connectivity index (χ3n) is 5.66. The van der Waals surface area contributed by atoms with Crippen molar-refractivity contribution >= 4 is 22.6 Å². The lowest BCUT2D eigenvalue weighted by Gasteiger charge is -2.25. The third-order valence-corrected chi connectivity index (χ3v) is 5.66. The summed E-state index contributed by atoms with van der Waals surface area (Å²) in [4.78, 5) is 30.4. The van der Waals surface area contributed by atoms with Gasteiger partial charge in [0.05, 0.1) is 12.6 Å². The Morgan fingerprint density at radius 2 is 1.93 bits per heavy atom. The standard InChI is InChI=1S/C24H27N3O3/c1-16-11-18-13-19(23(28)26-22(18)12-17(16)2)14-27(15-21-9-6-10-30-21)24(29)25-20-7-4-3-5-8-20/h3-5,7-8,11-13,21H,6,9-10,14-15H2,1-2H3,(H,25,29)(H,26,28). The van der Waals surface area contributed by atoms with Crippen LogP contribution in [0.1, 0.15) is 29.5 Å². The molecule has 0 aliphatic carbocycles. The molecule has 156 valence electrons. The van der Waals surface area contributed by atoms with Crippen LogP contribution in [0.15, 0.2) is 53.3 Å². The number of aryl methyl sites for hydroxylation is 2. The van der Waals surface area contributed by atoms with Gasteiger partial charge in [-0.05, 0) is 73.5 Å². The highest BCUT2D eigenvalue weighted by Crippen LogP contribution is 2.19. The Bertz CT molecular complexity index is 1100. The summed E-state index contributed by atoms with van der Waals surface area (Å²) in [6, 6.07) is 15.0. The summed E-state index contributed by atoms with van der Waals surface area (Å²) in [6.45, 7) is 5.46. The molecule has 1 unspecified atom stereocenters. The molecular weight excluding hydrogens is 378 g/mol. The largest absolute Gasteiger partial charge is 0.376 e. The Kier molecular flexibility index (Phi) is 5.86. The number of fused-ring (bicyclic) bond motifs is 1. The number of rotatable bonds is 5. The van der Waals surface area contributed by atoms with Gasteiger partial charge in [0.15, 0.2) is 0 Å². The number of nitrogens with zero attached hydrogens (tertiary/aromatic N) is 1. The molecule has 0 saturated carbocycles. The smallest absolute Gasteiger partial charge is 0.322 e. The van der Waals surface area contributed by atoms with Crippen molar-refractivity contribution in [2.45, 2.75) is 39.3 Å². The summed E-state index contributed by atoms with van der Waals surface area (Å²) < 4.78 is 5.74. The number of hydrogen-bond donors (Lipinski definition) is 2. The van der Waals surface area contributed by atoms with Crippen molar-refractivity contribution < 1.29 is 9.53 Å². The van der Waals surface area contributed by atoms with E-state index < -0.39 is 0 Å². The number of hydrogen-bond acceptors (Lipinski definition) is 3. The predicted molar refractivity (Wildman–Crippen MR) is 119 cm³/mol. The van der Waals surface area contributed by atoms with Crippen LogP contribution in [-0.2, 0) is 11.3 Å². The van der Waals surface area contributed by atoms with Crippen LogP contribution in [0.3, 0.4) is 0 Å². The number of nitrogens with one attached hydrogen (secondary N) is 2. The van der Waals surface area contributed by atoms with E-state index in [1.807, 2.05) is 49.4 Å². The maximum atomic E-state index is 13.0. The fourth-order valence-corrected chi connectivity index (χ4v) is 3.82. The van der Waals surface area contributed by atoms with E-state index in [4.69, 9.17) is 4.74 Å². The molecular formula is C24H27N3O3. The molecule has 3 aromatic rings. The van der Waals surface area contributed by atoms with Gasteiger partial charge in [-0.2, -0.15) is 0 Å². The van der Waals surface area contributed by atoms with Gasteiger partial charge < -0.3 is 19.9 Å². The average molecular weight is 405 g/mol. The van der Waals surface area contributed by atoms with E-state index in [2.05, 4.69) is 23.3 Å². The molecule has 2 N–H and O–H groups in total. The fraction of sp³-hybridized carbons (Fsp3) is 0.333. The molecule has 6 heteroatoms. The molecule has 0 bridgehead atoms. The highest BCUT2D eigenvalue weighted by atomic mass is 16.5. The zero-order valence-electron chi connectivity index (χ0n) is 17.4. The Morgan fingerprint density at radius 1 is 1.17 bits per heavy atom. The topological polar surface area (TPSA) is 74.4 Å². The summed E-state index contributed by atoms with van der Waals surface area (Å²) >= 11 is 0. The molecule has 2 aromatic carbocycles. The van der Waals surface area contributed by atoms with Gasteiger partial charge in [-0.25, -0.2) is 4.79 Å².